The molecule has 0 radical (unpaired) electrons. The quantitative estimate of drug-likeness (QED) is 0.384. The van der Waals surface area contributed by atoms with Gasteiger partial charge in [-0.25, -0.2) is 0 Å². The number of hydrogen-bond acceptors (Lipinski definition) is 4. The SMILES string of the molecule is C=CCN1C(=O)C(=Cc2cccnc2)C(=O)NC1=S. The van der Waals surface area contributed by atoms with Crippen molar-refractivity contribution in [3.8, 4) is 0 Å². The number of pyridine rings is 1. The minimum atomic E-state index is -0.501. The zero-order valence-corrected chi connectivity index (χ0v) is 10.8. The molecular formula is C13H11N3O2S. The van der Waals surface area contributed by atoms with Crippen LogP contribution < -0.4 is 5.32 Å². The molecule has 96 valence electrons. The molecule has 1 aromatic heterocycles. The summed E-state index contributed by atoms with van der Waals surface area (Å²) in [6, 6.07) is 3.48. The van der Waals surface area contributed by atoms with Gasteiger partial charge in [-0.1, -0.05) is 12.1 Å². The third-order valence-electron chi connectivity index (χ3n) is 2.49. The Morgan fingerprint density at radius 3 is 2.89 bits per heavy atom. The zero-order chi connectivity index (χ0) is 13.8. The molecule has 2 amide bonds. The first-order valence-electron chi connectivity index (χ1n) is 5.53. The molecule has 1 N–H and O–H groups in total. The number of hydrogen-bond donors (Lipinski definition) is 1. The van der Waals surface area contributed by atoms with Crippen LogP contribution in [0.15, 0.2) is 42.8 Å². The Morgan fingerprint density at radius 1 is 1.47 bits per heavy atom. The average Bonchev–Trinajstić information content (AvgIpc) is 2.41. The normalized spacial score (nSPS) is 17.6. The maximum Gasteiger partial charge on any atom is 0.265 e. The van der Waals surface area contributed by atoms with E-state index >= 15 is 0 Å². The largest absolute Gasteiger partial charge is 0.298 e. The van der Waals surface area contributed by atoms with Gasteiger partial charge in [0, 0.05) is 18.9 Å². The van der Waals surface area contributed by atoms with Crippen molar-refractivity contribution in [3.05, 3.63) is 48.3 Å². The predicted molar refractivity (Wildman–Crippen MR) is 74.9 cm³/mol. The summed E-state index contributed by atoms with van der Waals surface area (Å²) in [5.41, 5.74) is 0.704. The van der Waals surface area contributed by atoms with Crippen molar-refractivity contribution in [1.82, 2.24) is 15.2 Å². The molecule has 1 aliphatic heterocycles. The third kappa shape index (κ3) is 2.74. The highest BCUT2D eigenvalue weighted by molar-refractivity contribution is 7.80. The molecule has 2 heterocycles. The molecule has 0 aromatic carbocycles. The van der Waals surface area contributed by atoms with Crippen LogP contribution >= 0.6 is 12.2 Å². The van der Waals surface area contributed by atoms with Gasteiger partial charge in [0.1, 0.15) is 5.57 Å². The number of carbonyl (C=O) groups is 2. The van der Waals surface area contributed by atoms with Crippen molar-refractivity contribution < 1.29 is 9.59 Å². The van der Waals surface area contributed by atoms with Crippen molar-refractivity contribution in [3.63, 3.8) is 0 Å². The second kappa shape index (κ2) is 5.53. The molecule has 0 saturated carbocycles. The Bertz CT molecular complexity index is 581. The van der Waals surface area contributed by atoms with Crippen LogP contribution in [0.5, 0.6) is 0 Å². The Hall–Kier alpha value is -2.34. The van der Waals surface area contributed by atoms with Gasteiger partial charge in [0.05, 0.1) is 0 Å². The van der Waals surface area contributed by atoms with Crippen molar-refractivity contribution in [1.29, 1.82) is 0 Å². The molecule has 1 fully saturated rings. The Balaban J connectivity index is 2.36. The molecule has 1 aromatic rings. The first kappa shape index (κ1) is 13.1. The standard InChI is InChI=1S/C13H11N3O2S/c1-2-6-16-12(18)10(11(17)15-13(16)19)7-9-4-3-5-14-8-9/h2-5,7-8H,1,6H2,(H,15,17,19). The number of nitrogens with zero attached hydrogens (tertiary/aromatic N) is 2. The number of amides is 2. The summed E-state index contributed by atoms with van der Waals surface area (Å²) >= 11 is 4.95. The lowest BCUT2D eigenvalue weighted by Crippen LogP contribution is -2.53. The highest BCUT2D eigenvalue weighted by Crippen LogP contribution is 2.13. The molecule has 19 heavy (non-hydrogen) atoms. The lowest BCUT2D eigenvalue weighted by atomic mass is 10.1. The number of nitrogens with one attached hydrogen (secondary N) is 1. The van der Waals surface area contributed by atoms with E-state index in [-0.39, 0.29) is 17.2 Å². The van der Waals surface area contributed by atoms with Crippen LogP contribution in [0, 0.1) is 0 Å². The van der Waals surface area contributed by atoms with Crippen LogP contribution in [0.1, 0.15) is 5.56 Å². The summed E-state index contributed by atoms with van der Waals surface area (Å²) in [6.45, 7) is 3.81. The number of thiocarbonyl (C=S) groups is 1. The summed E-state index contributed by atoms with van der Waals surface area (Å²) in [7, 11) is 0. The molecule has 0 unspecified atom stereocenters. The first-order valence-corrected chi connectivity index (χ1v) is 5.94. The zero-order valence-electron chi connectivity index (χ0n) is 10.00. The minimum absolute atomic E-state index is 0.0310. The van der Waals surface area contributed by atoms with Crippen LogP contribution in [0.2, 0.25) is 0 Å². The number of rotatable bonds is 3. The van der Waals surface area contributed by atoms with Gasteiger partial charge in [-0.05, 0) is 29.9 Å². The molecule has 0 bridgehead atoms. The van der Waals surface area contributed by atoms with Crippen molar-refractivity contribution >= 4 is 35.2 Å². The fourth-order valence-electron chi connectivity index (χ4n) is 1.62. The summed E-state index contributed by atoms with van der Waals surface area (Å²) in [5, 5.41) is 2.57. The first-order chi connectivity index (χ1) is 9.13. The van der Waals surface area contributed by atoms with Gasteiger partial charge in [-0.15, -0.1) is 6.58 Å². The van der Waals surface area contributed by atoms with Crippen molar-refractivity contribution in [2.75, 3.05) is 6.54 Å². The van der Waals surface area contributed by atoms with Crippen molar-refractivity contribution in [2.24, 2.45) is 0 Å². The molecule has 5 nitrogen and oxygen atoms in total. The van der Waals surface area contributed by atoms with Crippen LogP contribution in [-0.4, -0.2) is 33.4 Å². The van der Waals surface area contributed by atoms with E-state index in [1.165, 1.54) is 11.0 Å². The van der Waals surface area contributed by atoms with Gasteiger partial charge in [0.25, 0.3) is 11.8 Å². The fraction of sp³-hybridized carbons (Fsp3) is 0.0769. The number of carbonyl (C=O) groups excluding carboxylic acids is 2. The second-order valence-electron chi connectivity index (χ2n) is 3.81. The van der Waals surface area contributed by atoms with Crippen LogP contribution in [0.25, 0.3) is 6.08 Å². The Morgan fingerprint density at radius 2 is 2.26 bits per heavy atom. The van der Waals surface area contributed by atoms with Gasteiger partial charge in [-0.3, -0.25) is 24.8 Å². The van der Waals surface area contributed by atoms with E-state index in [9.17, 15) is 9.59 Å². The number of aromatic nitrogens is 1. The molecule has 0 aliphatic carbocycles. The summed E-state index contributed by atoms with van der Waals surface area (Å²) in [6.07, 6.45) is 6.22. The molecule has 0 atom stereocenters. The van der Waals surface area contributed by atoms with Crippen LogP contribution in [-0.2, 0) is 9.59 Å². The highest BCUT2D eigenvalue weighted by Gasteiger charge is 2.32. The van der Waals surface area contributed by atoms with Crippen LogP contribution in [0.3, 0.4) is 0 Å². The summed E-state index contributed by atoms with van der Waals surface area (Å²) in [5.74, 6) is -0.934. The van der Waals surface area contributed by atoms with Crippen LogP contribution in [0.4, 0.5) is 0 Å². The second-order valence-corrected chi connectivity index (χ2v) is 4.19. The van der Waals surface area contributed by atoms with Gasteiger partial charge in [0.2, 0.25) is 0 Å². The minimum Gasteiger partial charge on any atom is -0.298 e. The maximum absolute atomic E-state index is 12.2. The predicted octanol–water partition coefficient (Wildman–Crippen LogP) is 0.894. The van der Waals surface area contributed by atoms with E-state index in [1.807, 2.05) is 0 Å². The maximum atomic E-state index is 12.2. The Kier molecular flexibility index (Phi) is 3.82. The van der Waals surface area contributed by atoms with Gasteiger partial charge >= 0.3 is 0 Å². The van der Waals surface area contributed by atoms with E-state index in [2.05, 4.69) is 16.9 Å². The van der Waals surface area contributed by atoms with Gasteiger partial charge in [0.15, 0.2) is 5.11 Å². The molecule has 0 spiro atoms. The fourth-order valence-corrected chi connectivity index (χ4v) is 1.87. The van der Waals surface area contributed by atoms with E-state index in [4.69, 9.17) is 12.2 Å². The van der Waals surface area contributed by atoms with E-state index < -0.39 is 11.8 Å². The highest BCUT2D eigenvalue weighted by atomic mass is 32.1. The molecular weight excluding hydrogens is 262 g/mol. The monoisotopic (exact) mass is 273 g/mol. The molecule has 6 heteroatoms. The molecule has 2 rings (SSSR count). The van der Waals surface area contributed by atoms with E-state index in [0.717, 1.165) is 0 Å². The van der Waals surface area contributed by atoms with Gasteiger partial charge < -0.3 is 0 Å². The third-order valence-corrected chi connectivity index (χ3v) is 2.82. The topological polar surface area (TPSA) is 62.3 Å². The van der Waals surface area contributed by atoms with E-state index in [0.29, 0.717) is 5.56 Å². The van der Waals surface area contributed by atoms with Crippen molar-refractivity contribution in [2.45, 2.75) is 0 Å². The molecule has 1 aliphatic rings. The lowest BCUT2D eigenvalue weighted by molar-refractivity contribution is -0.128. The Labute approximate surface area is 115 Å². The average molecular weight is 273 g/mol. The summed E-state index contributed by atoms with van der Waals surface area (Å²) < 4.78 is 0. The van der Waals surface area contributed by atoms with E-state index in [1.54, 1.807) is 30.6 Å². The van der Waals surface area contributed by atoms with Gasteiger partial charge in [-0.2, -0.15) is 0 Å². The smallest absolute Gasteiger partial charge is 0.265 e. The summed E-state index contributed by atoms with van der Waals surface area (Å²) in [4.78, 5) is 29.2. The lowest BCUT2D eigenvalue weighted by Gasteiger charge is -2.27. The molecule has 1 saturated heterocycles.